The van der Waals surface area contributed by atoms with E-state index in [0.717, 1.165) is 44.5 Å². The molecule has 0 amide bonds. The molecule has 0 aromatic heterocycles. The van der Waals surface area contributed by atoms with Crippen molar-refractivity contribution in [2.75, 3.05) is 18.9 Å². The van der Waals surface area contributed by atoms with Crippen LogP contribution in [0.5, 0.6) is 0 Å². The summed E-state index contributed by atoms with van der Waals surface area (Å²) in [5, 5.41) is 12.4. The van der Waals surface area contributed by atoms with E-state index in [1.54, 1.807) is 0 Å². The van der Waals surface area contributed by atoms with E-state index in [2.05, 4.69) is 4.99 Å². The van der Waals surface area contributed by atoms with Crippen LogP contribution < -0.4 is 5.11 Å². The van der Waals surface area contributed by atoms with Crippen LogP contribution in [0.1, 0.15) is 62.0 Å². The molecular formula is C41H39NO6PS-. The van der Waals surface area contributed by atoms with Gasteiger partial charge in [0.2, 0.25) is 0 Å². The maximum absolute atomic E-state index is 13.4. The largest absolute Gasteiger partial charge is 0.599 e. The number of ether oxygens (including phenoxy) is 1. The number of aliphatic imine (C=N–C) groups is 1. The monoisotopic (exact) mass is 704 g/mol. The van der Waals surface area contributed by atoms with Crippen molar-refractivity contribution in [2.45, 2.75) is 37.0 Å². The van der Waals surface area contributed by atoms with Gasteiger partial charge in [-0.25, -0.2) is 8.42 Å². The zero-order valence-corrected chi connectivity index (χ0v) is 30.3. The van der Waals surface area contributed by atoms with Gasteiger partial charge in [0.1, 0.15) is 18.4 Å². The van der Waals surface area contributed by atoms with E-state index >= 15 is 0 Å². The number of carbonyl (C=O) groups excluding carboxylic acids is 2. The zero-order valence-electron chi connectivity index (χ0n) is 28.0. The Morgan fingerprint density at radius 1 is 0.740 bits per heavy atom. The second-order valence-corrected chi connectivity index (χ2v) is 14.4. The Kier molecular flexibility index (Phi) is 11.5. The Bertz CT molecular complexity index is 2030. The third-order valence-corrected chi connectivity index (χ3v) is 10.6. The Hall–Kier alpha value is -4.91. The fourth-order valence-corrected chi connectivity index (χ4v) is 7.54. The first kappa shape index (κ1) is 36.4. The first-order valence-corrected chi connectivity index (χ1v) is 17.8. The third-order valence-electron chi connectivity index (χ3n) is 8.96. The predicted molar refractivity (Wildman–Crippen MR) is 200 cm³/mol. The number of sulfone groups is 1. The lowest BCUT2D eigenvalue weighted by molar-refractivity contribution is -0.251. The highest BCUT2D eigenvalue weighted by Gasteiger charge is 2.27. The molecule has 5 aromatic carbocycles. The fourth-order valence-electron chi connectivity index (χ4n) is 6.31. The van der Waals surface area contributed by atoms with Gasteiger partial charge in [0, 0.05) is 30.4 Å². The molecule has 0 heterocycles. The van der Waals surface area contributed by atoms with Gasteiger partial charge in [-0.05, 0) is 59.4 Å². The average Bonchev–Trinajstić information content (AvgIpc) is 3.43. The van der Waals surface area contributed by atoms with E-state index < -0.39 is 34.0 Å². The quantitative estimate of drug-likeness (QED) is 0.0622. The summed E-state index contributed by atoms with van der Waals surface area (Å²) in [4.78, 5) is 29.6. The number of aryl methyl sites for hydroxylation is 2. The molecule has 5 aromatic rings. The number of Topliss-reactive ketones (excluding diaryl/α,β-unsaturated/α-hetero) is 2. The molecule has 0 saturated carbocycles. The Labute approximate surface area is 296 Å². The molecule has 0 bridgehead atoms. The lowest BCUT2D eigenvalue weighted by Gasteiger charge is -2.20. The number of ketones is 2. The molecule has 256 valence electrons. The van der Waals surface area contributed by atoms with Crippen LogP contribution in [0.2, 0.25) is 0 Å². The van der Waals surface area contributed by atoms with Gasteiger partial charge in [-0.3, -0.25) is 14.6 Å². The molecule has 0 N–H and O–H groups in total. The van der Waals surface area contributed by atoms with Gasteiger partial charge < -0.3 is 9.84 Å². The van der Waals surface area contributed by atoms with E-state index in [9.17, 15) is 23.1 Å². The van der Waals surface area contributed by atoms with Crippen LogP contribution in [0.4, 0.5) is 0 Å². The fraction of sp³-hybridized carbons (Fsp3) is 0.195. The topological polar surface area (TPSA) is 113 Å². The van der Waals surface area contributed by atoms with Gasteiger partial charge in [0.15, 0.2) is 21.4 Å². The van der Waals surface area contributed by atoms with Crippen molar-refractivity contribution in [1.82, 2.24) is 0 Å². The molecule has 7 nitrogen and oxygen atoms in total. The highest BCUT2D eigenvalue weighted by Crippen LogP contribution is 2.44. The van der Waals surface area contributed by atoms with Crippen molar-refractivity contribution in [1.29, 1.82) is 0 Å². The maximum atomic E-state index is 13.4. The van der Waals surface area contributed by atoms with Gasteiger partial charge in [-0.1, -0.05) is 120 Å². The van der Waals surface area contributed by atoms with Gasteiger partial charge in [-0.2, -0.15) is 9.90 Å². The number of rotatable bonds is 12. The molecule has 0 fully saturated rings. The molecule has 6 rings (SSSR count). The molecule has 50 heavy (non-hydrogen) atoms. The SMILES string of the molecule is Cc1ccc(C(CC(=O)c2ccc(S(=O)(=O)CC(=O)CN=C([O-])OCC3c4ccccc4-c4ccccc43)cc2)c2ccc(C)cc2)cc1.P. The second kappa shape index (κ2) is 15.8. The average molecular weight is 705 g/mol. The standard InChI is InChI=1S/C41H37NO6S.H3P/c1-27-11-15-29(16-12-27)38(30-17-13-28(2)14-18-30)23-40(44)31-19-21-33(22-20-31)49(46,47)26-32(43)24-42-41(45)48-25-39-36-9-5-3-7-34(36)35-8-4-6-10-37(35)39;/h3-22,38-39H,23-26H2,1-2H3,(H,42,45);1H3/p-1. The Morgan fingerprint density at radius 2 is 1.24 bits per heavy atom. The van der Waals surface area contributed by atoms with Crippen molar-refractivity contribution in [2.24, 2.45) is 4.99 Å². The smallest absolute Gasteiger partial charge is 0.185 e. The van der Waals surface area contributed by atoms with Gasteiger partial charge in [0.05, 0.1) is 4.90 Å². The van der Waals surface area contributed by atoms with E-state index in [1.807, 2.05) is 111 Å². The van der Waals surface area contributed by atoms with Crippen molar-refractivity contribution >= 4 is 37.4 Å². The van der Waals surface area contributed by atoms with E-state index in [0.29, 0.717) is 5.56 Å². The number of fused-ring (bicyclic) bond motifs is 3. The minimum absolute atomic E-state index is 0. The number of benzene rings is 5. The van der Waals surface area contributed by atoms with Crippen molar-refractivity contribution in [3.63, 3.8) is 0 Å². The van der Waals surface area contributed by atoms with Crippen LogP contribution in [0.25, 0.3) is 11.1 Å². The van der Waals surface area contributed by atoms with Crippen LogP contribution in [0, 0.1) is 13.8 Å². The highest BCUT2D eigenvalue weighted by atomic mass is 32.2. The predicted octanol–water partition coefficient (Wildman–Crippen LogP) is 6.65. The van der Waals surface area contributed by atoms with Crippen molar-refractivity contribution in [3.8, 4) is 11.1 Å². The maximum Gasteiger partial charge on any atom is 0.185 e. The third kappa shape index (κ3) is 8.27. The minimum Gasteiger partial charge on any atom is -0.599 e. The summed E-state index contributed by atoms with van der Waals surface area (Å²) in [7, 11) is -4.03. The van der Waals surface area contributed by atoms with Gasteiger partial charge in [-0.15, -0.1) is 0 Å². The number of hydrogen-bond donors (Lipinski definition) is 0. The molecule has 0 spiro atoms. The highest BCUT2D eigenvalue weighted by molar-refractivity contribution is 7.92. The second-order valence-electron chi connectivity index (χ2n) is 12.4. The van der Waals surface area contributed by atoms with Crippen molar-refractivity contribution in [3.05, 3.63) is 160 Å². The van der Waals surface area contributed by atoms with Crippen LogP contribution in [0.15, 0.2) is 131 Å². The summed E-state index contributed by atoms with van der Waals surface area (Å²) in [5.74, 6) is -2.03. The molecule has 1 atom stereocenters. The van der Waals surface area contributed by atoms with Crippen LogP contribution >= 0.6 is 9.90 Å². The molecule has 1 unspecified atom stereocenters. The number of hydrogen-bond acceptors (Lipinski definition) is 7. The Balaban J connectivity index is 0.00000486. The minimum atomic E-state index is -4.03. The summed E-state index contributed by atoms with van der Waals surface area (Å²) in [6.07, 6.45) is -0.723. The molecule has 0 radical (unpaired) electrons. The Morgan fingerprint density at radius 3 is 1.76 bits per heavy atom. The summed E-state index contributed by atoms with van der Waals surface area (Å²) in [5.41, 5.74) is 8.92. The van der Waals surface area contributed by atoms with Gasteiger partial charge >= 0.3 is 0 Å². The van der Waals surface area contributed by atoms with Gasteiger partial charge in [0.25, 0.3) is 0 Å². The van der Waals surface area contributed by atoms with Crippen molar-refractivity contribution < 1.29 is 27.9 Å². The molecule has 9 heteroatoms. The van der Waals surface area contributed by atoms with Crippen LogP contribution in [0.3, 0.4) is 0 Å². The first-order chi connectivity index (χ1) is 23.6. The molecule has 1 aliphatic rings. The summed E-state index contributed by atoms with van der Waals surface area (Å²) in [6.45, 7) is 3.45. The lowest BCUT2D eigenvalue weighted by Crippen LogP contribution is -2.26. The molecule has 1 aliphatic carbocycles. The molecule has 0 aliphatic heterocycles. The normalized spacial score (nSPS) is 12.6. The first-order valence-electron chi connectivity index (χ1n) is 16.1. The molecular weight excluding hydrogens is 665 g/mol. The zero-order chi connectivity index (χ0) is 34.5. The summed E-state index contributed by atoms with van der Waals surface area (Å²) in [6, 6.07) is 37.7. The van der Waals surface area contributed by atoms with Crippen LogP contribution in [-0.4, -0.2) is 45.0 Å². The number of carbonyl (C=O) groups is 2. The summed E-state index contributed by atoms with van der Waals surface area (Å²) >= 11 is 0. The van der Waals surface area contributed by atoms with E-state index in [-0.39, 0.29) is 45.4 Å². The van der Waals surface area contributed by atoms with E-state index in [1.165, 1.54) is 24.3 Å². The summed E-state index contributed by atoms with van der Waals surface area (Å²) < 4.78 is 31.5. The van der Waals surface area contributed by atoms with Crippen LogP contribution in [-0.2, 0) is 19.4 Å². The lowest BCUT2D eigenvalue weighted by atomic mass is 9.85. The van der Waals surface area contributed by atoms with E-state index in [4.69, 9.17) is 4.74 Å². The molecule has 0 saturated heterocycles. The number of nitrogens with zero attached hydrogens (tertiary/aromatic N) is 1.